The SMILES string of the molecule is CCNC1CCN(C2CCCC2C)CC1C. The summed E-state index contributed by atoms with van der Waals surface area (Å²) in [6, 6.07) is 1.66. The van der Waals surface area contributed by atoms with E-state index in [1.165, 1.54) is 38.8 Å². The molecule has 0 radical (unpaired) electrons. The molecular weight excluding hydrogens is 196 g/mol. The highest BCUT2D eigenvalue weighted by Gasteiger charge is 2.33. The molecule has 1 N–H and O–H groups in total. The normalized spacial score (nSPS) is 41.4. The summed E-state index contributed by atoms with van der Waals surface area (Å²) in [5.74, 6) is 1.75. The Morgan fingerprint density at radius 3 is 2.50 bits per heavy atom. The number of likely N-dealkylation sites (tertiary alicyclic amines) is 1. The van der Waals surface area contributed by atoms with Gasteiger partial charge in [0, 0.05) is 18.6 Å². The fraction of sp³-hybridized carbons (Fsp3) is 1.00. The van der Waals surface area contributed by atoms with Gasteiger partial charge in [-0.2, -0.15) is 0 Å². The van der Waals surface area contributed by atoms with Crippen molar-refractivity contribution in [2.45, 2.75) is 58.5 Å². The molecule has 0 aromatic heterocycles. The zero-order valence-electron chi connectivity index (χ0n) is 11.2. The van der Waals surface area contributed by atoms with Crippen molar-refractivity contribution in [3.63, 3.8) is 0 Å². The number of rotatable bonds is 3. The van der Waals surface area contributed by atoms with E-state index in [-0.39, 0.29) is 0 Å². The molecule has 4 unspecified atom stereocenters. The summed E-state index contributed by atoms with van der Waals surface area (Å²) < 4.78 is 0. The average Bonchev–Trinajstić information content (AvgIpc) is 2.68. The molecule has 0 spiro atoms. The van der Waals surface area contributed by atoms with Crippen LogP contribution in [0.15, 0.2) is 0 Å². The van der Waals surface area contributed by atoms with Gasteiger partial charge in [0.1, 0.15) is 0 Å². The van der Waals surface area contributed by atoms with Gasteiger partial charge in [-0.15, -0.1) is 0 Å². The van der Waals surface area contributed by atoms with Crippen LogP contribution in [0.3, 0.4) is 0 Å². The van der Waals surface area contributed by atoms with Crippen molar-refractivity contribution in [3.05, 3.63) is 0 Å². The monoisotopic (exact) mass is 224 g/mol. The zero-order valence-corrected chi connectivity index (χ0v) is 11.2. The largest absolute Gasteiger partial charge is 0.314 e. The Morgan fingerprint density at radius 1 is 1.12 bits per heavy atom. The van der Waals surface area contributed by atoms with E-state index in [0.29, 0.717) is 0 Å². The summed E-state index contributed by atoms with van der Waals surface area (Å²) in [4.78, 5) is 2.77. The molecule has 1 aliphatic heterocycles. The standard InChI is InChI=1S/C14H28N2/c1-4-15-13-8-9-16(10-12(13)3)14-7-5-6-11(14)2/h11-15H,4-10H2,1-3H3. The predicted octanol–water partition coefficient (Wildman–Crippen LogP) is 2.49. The minimum Gasteiger partial charge on any atom is -0.314 e. The van der Waals surface area contributed by atoms with Crippen LogP contribution in [0.1, 0.15) is 46.5 Å². The lowest BCUT2D eigenvalue weighted by Crippen LogP contribution is -2.51. The molecule has 0 aromatic carbocycles. The van der Waals surface area contributed by atoms with Gasteiger partial charge in [0.05, 0.1) is 0 Å². The molecule has 94 valence electrons. The van der Waals surface area contributed by atoms with Crippen molar-refractivity contribution in [1.82, 2.24) is 10.2 Å². The quantitative estimate of drug-likeness (QED) is 0.792. The smallest absolute Gasteiger partial charge is 0.0121 e. The molecular formula is C14H28N2. The zero-order chi connectivity index (χ0) is 11.5. The molecule has 0 aromatic rings. The third kappa shape index (κ3) is 2.60. The molecule has 1 aliphatic carbocycles. The van der Waals surface area contributed by atoms with Crippen molar-refractivity contribution in [2.24, 2.45) is 11.8 Å². The van der Waals surface area contributed by atoms with Gasteiger partial charge in [-0.3, -0.25) is 4.90 Å². The van der Waals surface area contributed by atoms with E-state index in [0.717, 1.165) is 30.5 Å². The molecule has 2 nitrogen and oxygen atoms in total. The molecule has 1 saturated carbocycles. The molecule has 2 fully saturated rings. The first-order valence-electron chi connectivity index (χ1n) is 7.19. The molecule has 2 rings (SSSR count). The Labute approximate surface area is 101 Å². The first kappa shape index (κ1) is 12.4. The van der Waals surface area contributed by atoms with E-state index < -0.39 is 0 Å². The molecule has 4 atom stereocenters. The lowest BCUT2D eigenvalue weighted by atomic mass is 9.91. The molecule has 16 heavy (non-hydrogen) atoms. The van der Waals surface area contributed by atoms with Gasteiger partial charge in [-0.05, 0) is 44.2 Å². The summed E-state index contributed by atoms with van der Waals surface area (Å²) in [6.07, 6.45) is 5.69. The van der Waals surface area contributed by atoms with Crippen LogP contribution < -0.4 is 5.32 Å². The van der Waals surface area contributed by atoms with Crippen molar-refractivity contribution >= 4 is 0 Å². The number of nitrogens with one attached hydrogen (secondary N) is 1. The fourth-order valence-corrected chi connectivity index (χ4v) is 3.71. The maximum Gasteiger partial charge on any atom is 0.0121 e. The van der Waals surface area contributed by atoms with Gasteiger partial charge in [0.25, 0.3) is 0 Å². The summed E-state index contributed by atoms with van der Waals surface area (Å²) in [7, 11) is 0. The minimum absolute atomic E-state index is 0.762. The van der Waals surface area contributed by atoms with E-state index in [4.69, 9.17) is 0 Å². The van der Waals surface area contributed by atoms with Crippen LogP contribution in [-0.4, -0.2) is 36.6 Å². The third-order valence-corrected chi connectivity index (χ3v) is 4.69. The average molecular weight is 224 g/mol. The van der Waals surface area contributed by atoms with E-state index >= 15 is 0 Å². The lowest BCUT2D eigenvalue weighted by molar-refractivity contribution is 0.0885. The highest BCUT2D eigenvalue weighted by Crippen LogP contribution is 2.32. The number of hydrogen-bond donors (Lipinski definition) is 1. The maximum atomic E-state index is 3.63. The highest BCUT2D eigenvalue weighted by molar-refractivity contribution is 4.89. The lowest BCUT2D eigenvalue weighted by Gasteiger charge is -2.41. The van der Waals surface area contributed by atoms with Crippen molar-refractivity contribution in [3.8, 4) is 0 Å². The number of piperidine rings is 1. The number of nitrogens with zero attached hydrogens (tertiary/aromatic N) is 1. The predicted molar refractivity (Wildman–Crippen MR) is 69.6 cm³/mol. The Morgan fingerprint density at radius 2 is 1.94 bits per heavy atom. The molecule has 2 heteroatoms. The van der Waals surface area contributed by atoms with Crippen LogP contribution in [0, 0.1) is 11.8 Å². The van der Waals surface area contributed by atoms with E-state index in [1.54, 1.807) is 0 Å². The summed E-state index contributed by atoms with van der Waals surface area (Å²) in [6.45, 7) is 10.8. The molecule has 1 saturated heterocycles. The van der Waals surface area contributed by atoms with Crippen LogP contribution >= 0.6 is 0 Å². The van der Waals surface area contributed by atoms with Gasteiger partial charge < -0.3 is 5.32 Å². The van der Waals surface area contributed by atoms with Crippen molar-refractivity contribution < 1.29 is 0 Å². The second kappa shape index (κ2) is 5.50. The van der Waals surface area contributed by atoms with Crippen LogP contribution in [0.2, 0.25) is 0 Å². The minimum atomic E-state index is 0.762. The van der Waals surface area contributed by atoms with Gasteiger partial charge >= 0.3 is 0 Å². The van der Waals surface area contributed by atoms with Crippen LogP contribution in [0.25, 0.3) is 0 Å². The molecule has 2 aliphatic rings. The van der Waals surface area contributed by atoms with Gasteiger partial charge in [0.15, 0.2) is 0 Å². The topological polar surface area (TPSA) is 15.3 Å². The summed E-state index contributed by atoms with van der Waals surface area (Å²) in [5, 5.41) is 3.63. The molecule has 1 heterocycles. The van der Waals surface area contributed by atoms with Gasteiger partial charge in [0.2, 0.25) is 0 Å². The molecule has 0 bridgehead atoms. The Hall–Kier alpha value is -0.0800. The highest BCUT2D eigenvalue weighted by atomic mass is 15.2. The fourth-order valence-electron chi connectivity index (χ4n) is 3.71. The first-order valence-corrected chi connectivity index (χ1v) is 7.19. The van der Waals surface area contributed by atoms with Gasteiger partial charge in [-0.1, -0.05) is 27.2 Å². The van der Waals surface area contributed by atoms with Crippen LogP contribution in [0.4, 0.5) is 0 Å². The van der Waals surface area contributed by atoms with E-state index in [2.05, 4.69) is 31.0 Å². The Kier molecular flexibility index (Phi) is 4.26. The molecule has 0 amide bonds. The van der Waals surface area contributed by atoms with Crippen LogP contribution in [0.5, 0.6) is 0 Å². The second-order valence-electron chi connectivity index (χ2n) is 5.90. The maximum absolute atomic E-state index is 3.63. The van der Waals surface area contributed by atoms with E-state index in [9.17, 15) is 0 Å². The van der Waals surface area contributed by atoms with Crippen LogP contribution in [-0.2, 0) is 0 Å². The Bertz CT molecular complexity index is 217. The van der Waals surface area contributed by atoms with Crippen molar-refractivity contribution in [1.29, 1.82) is 0 Å². The summed E-state index contributed by atoms with van der Waals surface area (Å²) in [5.41, 5.74) is 0. The number of hydrogen-bond acceptors (Lipinski definition) is 2. The Balaban J connectivity index is 1.86. The third-order valence-electron chi connectivity index (χ3n) is 4.69. The first-order chi connectivity index (χ1) is 7.72. The second-order valence-corrected chi connectivity index (χ2v) is 5.90. The summed E-state index contributed by atoms with van der Waals surface area (Å²) >= 11 is 0. The van der Waals surface area contributed by atoms with Gasteiger partial charge in [-0.25, -0.2) is 0 Å². The van der Waals surface area contributed by atoms with E-state index in [1.807, 2.05) is 0 Å². The van der Waals surface area contributed by atoms with Crippen molar-refractivity contribution in [2.75, 3.05) is 19.6 Å².